The van der Waals surface area contributed by atoms with Crippen LogP contribution in [0.4, 0.5) is 5.69 Å². The van der Waals surface area contributed by atoms with Crippen molar-refractivity contribution in [1.29, 1.82) is 0 Å². The first-order chi connectivity index (χ1) is 12.8. The fourth-order valence-electron chi connectivity index (χ4n) is 3.21. The second kappa shape index (κ2) is 7.03. The molecule has 1 saturated heterocycles. The summed E-state index contributed by atoms with van der Waals surface area (Å²) in [5.74, 6) is -0.732. The molecule has 2 amide bonds. The number of nitro groups is 1. The first kappa shape index (κ1) is 18.3. The first-order valence-corrected chi connectivity index (χ1v) is 8.41. The van der Waals surface area contributed by atoms with Crippen LogP contribution in [-0.4, -0.2) is 34.2 Å². The second-order valence-electron chi connectivity index (χ2n) is 6.66. The molecule has 1 unspecified atom stereocenters. The quantitative estimate of drug-likeness (QED) is 0.512. The Bertz CT molecular complexity index is 939. The SMILES string of the molecule is CN1C(=O)C(C)(Cc2ccccc2)NC(=O)/C1=C\c1ccccc1[N+](=O)[O-]. The fourth-order valence-corrected chi connectivity index (χ4v) is 3.21. The minimum absolute atomic E-state index is 0.0693. The van der Waals surface area contributed by atoms with Crippen LogP contribution in [0, 0.1) is 10.1 Å². The van der Waals surface area contributed by atoms with Crippen LogP contribution in [0.5, 0.6) is 0 Å². The molecule has 2 aromatic rings. The fraction of sp³-hybridized carbons (Fsp3) is 0.200. The van der Waals surface area contributed by atoms with E-state index < -0.39 is 16.4 Å². The van der Waals surface area contributed by atoms with Crippen molar-refractivity contribution in [2.24, 2.45) is 0 Å². The van der Waals surface area contributed by atoms with Gasteiger partial charge in [0.1, 0.15) is 11.2 Å². The van der Waals surface area contributed by atoms with Crippen LogP contribution in [-0.2, 0) is 16.0 Å². The summed E-state index contributed by atoms with van der Waals surface area (Å²) in [5.41, 5.74) is 0.0379. The number of carbonyl (C=O) groups is 2. The zero-order valence-corrected chi connectivity index (χ0v) is 15.0. The molecule has 0 aromatic heterocycles. The highest BCUT2D eigenvalue weighted by atomic mass is 16.6. The number of nitrogens with one attached hydrogen (secondary N) is 1. The van der Waals surface area contributed by atoms with E-state index in [0.717, 1.165) is 5.56 Å². The summed E-state index contributed by atoms with van der Waals surface area (Å²) in [7, 11) is 1.50. The summed E-state index contributed by atoms with van der Waals surface area (Å²) in [5, 5.41) is 14.0. The zero-order chi connectivity index (χ0) is 19.6. The summed E-state index contributed by atoms with van der Waals surface area (Å²) >= 11 is 0. The van der Waals surface area contributed by atoms with Gasteiger partial charge in [-0.15, -0.1) is 0 Å². The molecule has 1 heterocycles. The maximum absolute atomic E-state index is 13.0. The molecule has 0 radical (unpaired) electrons. The number of hydrogen-bond acceptors (Lipinski definition) is 4. The predicted molar refractivity (Wildman–Crippen MR) is 101 cm³/mol. The van der Waals surface area contributed by atoms with Gasteiger partial charge in [-0.3, -0.25) is 19.7 Å². The van der Waals surface area contributed by atoms with E-state index in [1.165, 1.54) is 30.2 Å². The topological polar surface area (TPSA) is 92.6 Å². The third-order valence-corrected chi connectivity index (χ3v) is 4.59. The number of carbonyl (C=O) groups excluding carboxylic acids is 2. The summed E-state index contributed by atoms with van der Waals surface area (Å²) in [6.07, 6.45) is 1.72. The highest BCUT2D eigenvalue weighted by Crippen LogP contribution is 2.27. The minimum atomic E-state index is -1.09. The van der Waals surface area contributed by atoms with Crippen LogP contribution in [0.25, 0.3) is 6.08 Å². The lowest BCUT2D eigenvalue weighted by atomic mass is 9.88. The standard InChI is InChI=1S/C20H19N3O4/c1-20(13-14-8-4-3-5-9-14)19(25)22(2)17(18(24)21-20)12-15-10-6-7-11-16(15)23(26)27/h3-12H,13H2,1-2H3,(H,21,24)/b17-12+. The molecule has 7 heteroatoms. The van der Waals surface area contributed by atoms with Gasteiger partial charge in [-0.05, 0) is 24.6 Å². The van der Waals surface area contributed by atoms with Gasteiger partial charge in [0.15, 0.2) is 0 Å². The molecule has 1 aliphatic heterocycles. The van der Waals surface area contributed by atoms with Crippen LogP contribution in [0.3, 0.4) is 0 Å². The molecule has 138 valence electrons. The zero-order valence-electron chi connectivity index (χ0n) is 15.0. The van der Waals surface area contributed by atoms with Crippen LogP contribution < -0.4 is 5.32 Å². The Hall–Kier alpha value is -3.48. The Labute approximate surface area is 156 Å². The van der Waals surface area contributed by atoms with Gasteiger partial charge in [-0.1, -0.05) is 42.5 Å². The molecule has 0 spiro atoms. The normalized spacial score (nSPS) is 21.3. The summed E-state index contributed by atoms with van der Waals surface area (Å²) in [4.78, 5) is 37.6. The van der Waals surface area contributed by atoms with Crippen LogP contribution in [0.1, 0.15) is 18.1 Å². The second-order valence-corrected chi connectivity index (χ2v) is 6.66. The molecule has 0 saturated carbocycles. The maximum atomic E-state index is 13.0. The monoisotopic (exact) mass is 365 g/mol. The number of amides is 2. The molecule has 3 rings (SSSR count). The molecule has 1 fully saturated rings. The third kappa shape index (κ3) is 3.57. The Kier molecular flexibility index (Phi) is 4.77. The number of likely N-dealkylation sites (N-methyl/N-ethyl adjacent to an activating group) is 1. The van der Waals surface area contributed by atoms with Gasteiger partial charge in [-0.2, -0.15) is 0 Å². The summed E-state index contributed by atoms with van der Waals surface area (Å²) < 4.78 is 0. The van der Waals surface area contributed by atoms with Crippen molar-refractivity contribution >= 4 is 23.6 Å². The Morgan fingerprint density at radius 2 is 1.74 bits per heavy atom. The summed E-state index contributed by atoms with van der Waals surface area (Å²) in [6, 6.07) is 15.5. The van der Waals surface area contributed by atoms with E-state index in [2.05, 4.69) is 5.32 Å². The predicted octanol–water partition coefficient (Wildman–Crippen LogP) is 2.53. The van der Waals surface area contributed by atoms with E-state index in [1.54, 1.807) is 19.1 Å². The molecule has 1 atom stereocenters. The van der Waals surface area contributed by atoms with E-state index in [0.29, 0.717) is 6.42 Å². The largest absolute Gasteiger partial charge is 0.336 e. The molecule has 1 N–H and O–H groups in total. The van der Waals surface area contributed by atoms with E-state index >= 15 is 0 Å². The minimum Gasteiger partial charge on any atom is -0.336 e. The molecule has 2 aromatic carbocycles. The van der Waals surface area contributed by atoms with Crippen molar-refractivity contribution < 1.29 is 14.5 Å². The highest BCUT2D eigenvalue weighted by Gasteiger charge is 2.44. The van der Waals surface area contributed by atoms with Crippen molar-refractivity contribution in [1.82, 2.24) is 10.2 Å². The average Bonchev–Trinajstić information content (AvgIpc) is 2.64. The van der Waals surface area contributed by atoms with Gasteiger partial charge in [-0.25, -0.2) is 0 Å². The van der Waals surface area contributed by atoms with Gasteiger partial charge in [0.2, 0.25) is 0 Å². The number of para-hydroxylation sites is 1. The number of rotatable bonds is 4. The molecule has 0 aliphatic carbocycles. The van der Waals surface area contributed by atoms with Crippen molar-refractivity contribution in [2.75, 3.05) is 7.05 Å². The lowest BCUT2D eigenvalue weighted by molar-refractivity contribution is -0.385. The number of piperazine rings is 1. The van der Waals surface area contributed by atoms with Gasteiger partial charge in [0, 0.05) is 19.5 Å². The maximum Gasteiger partial charge on any atom is 0.276 e. The first-order valence-electron chi connectivity index (χ1n) is 8.41. The number of nitrogens with zero attached hydrogens (tertiary/aromatic N) is 2. The molecule has 0 bridgehead atoms. The molecule has 27 heavy (non-hydrogen) atoms. The van der Waals surface area contributed by atoms with Gasteiger partial charge in [0.25, 0.3) is 17.5 Å². The van der Waals surface area contributed by atoms with E-state index in [4.69, 9.17) is 0 Å². The number of hydrogen-bond donors (Lipinski definition) is 1. The van der Waals surface area contributed by atoms with Gasteiger partial charge in [0.05, 0.1) is 10.5 Å². The van der Waals surface area contributed by atoms with Gasteiger partial charge < -0.3 is 10.2 Å². The van der Waals surface area contributed by atoms with Crippen molar-refractivity contribution in [3.8, 4) is 0 Å². The van der Waals surface area contributed by atoms with Crippen LogP contribution >= 0.6 is 0 Å². The molecular weight excluding hydrogens is 346 g/mol. The van der Waals surface area contributed by atoms with E-state index in [9.17, 15) is 19.7 Å². The lowest BCUT2D eigenvalue weighted by Crippen LogP contribution is -2.64. The van der Waals surface area contributed by atoms with E-state index in [-0.39, 0.29) is 22.9 Å². The van der Waals surface area contributed by atoms with Gasteiger partial charge >= 0.3 is 0 Å². The third-order valence-electron chi connectivity index (χ3n) is 4.59. The molecule has 1 aliphatic rings. The van der Waals surface area contributed by atoms with E-state index in [1.807, 2.05) is 30.3 Å². The average molecular weight is 365 g/mol. The number of nitro benzene ring substituents is 1. The van der Waals surface area contributed by atoms with Crippen molar-refractivity contribution in [3.05, 3.63) is 81.5 Å². The summed E-state index contributed by atoms with van der Waals surface area (Å²) in [6.45, 7) is 1.68. The Balaban J connectivity index is 1.94. The molecular formula is C20H19N3O4. The number of benzene rings is 2. The molecule has 7 nitrogen and oxygen atoms in total. The Morgan fingerprint density at radius 1 is 1.11 bits per heavy atom. The Morgan fingerprint density at radius 3 is 2.41 bits per heavy atom. The highest BCUT2D eigenvalue weighted by molar-refractivity contribution is 6.09. The van der Waals surface area contributed by atoms with Crippen LogP contribution in [0.15, 0.2) is 60.3 Å². The van der Waals surface area contributed by atoms with Crippen molar-refractivity contribution in [2.45, 2.75) is 18.9 Å². The van der Waals surface area contributed by atoms with Crippen LogP contribution in [0.2, 0.25) is 0 Å². The lowest BCUT2D eigenvalue weighted by Gasteiger charge is -2.39. The smallest absolute Gasteiger partial charge is 0.276 e. The van der Waals surface area contributed by atoms with Crippen molar-refractivity contribution in [3.63, 3.8) is 0 Å².